The lowest BCUT2D eigenvalue weighted by Gasteiger charge is -1.98. The van der Waals surface area contributed by atoms with Crippen molar-refractivity contribution in [3.63, 3.8) is 0 Å². The monoisotopic (exact) mass is 174 g/mol. The molecule has 0 radical (unpaired) electrons. The Morgan fingerprint density at radius 1 is 1.23 bits per heavy atom. The molecule has 68 valence electrons. The van der Waals surface area contributed by atoms with Crippen molar-refractivity contribution in [3.05, 3.63) is 35.1 Å². The van der Waals surface area contributed by atoms with Gasteiger partial charge in [-0.25, -0.2) is 0 Å². The Morgan fingerprint density at radius 3 is 2.69 bits per heavy atom. The van der Waals surface area contributed by atoms with Crippen molar-refractivity contribution in [3.8, 4) is 0 Å². The molecule has 1 aromatic heterocycles. The normalized spacial score (nSPS) is 11.0. The predicted octanol–water partition coefficient (Wildman–Crippen LogP) is 3.61. The van der Waals surface area contributed by atoms with Gasteiger partial charge in [0, 0.05) is 5.39 Å². The summed E-state index contributed by atoms with van der Waals surface area (Å²) < 4.78 is 5.64. The van der Waals surface area contributed by atoms with Crippen LogP contribution in [0.3, 0.4) is 0 Å². The molecule has 2 aromatic rings. The molecular formula is C12H14O. The van der Waals surface area contributed by atoms with Crippen molar-refractivity contribution in [1.82, 2.24) is 0 Å². The van der Waals surface area contributed by atoms with Gasteiger partial charge in [-0.05, 0) is 37.5 Å². The van der Waals surface area contributed by atoms with Crippen LogP contribution in [0.4, 0.5) is 0 Å². The summed E-state index contributed by atoms with van der Waals surface area (Å²) in [7, 11) is 0. The minimum Gasteiger partial charge on any atom is -0.461 e. The largest absolute Gasteiger partial charge is 0.461 e. The van der Waals surface area contributed by atoms with Gasteiger partial charge in [0.15, 0.2) is 0 Å². The summed E-state index contributed by atoms with van der Waals surface area (Å²) in [5.74, 6) is 1.04. The first-order chi connectivity index (χ1) is 6.24. The summed E-state index contributed by atoms with van der Waals surface area (Å²) in [6, 6.07) is 6.27. The number of furan rings is 1. The van der Waals surface area contributed by atoms with Crippen LogP contribution in [-0.2, 0) is 6.42 Å². The number of fused-ring (bicyclic) bond motifs is 1. The Bertz CT molecular complexity index is 438. The number of hydrogen-bond acceptors (Lipinski definition) is 1. The molecule has 1 aromatic carbocycles. The SMILES string of the molecule is CCc1cccc2oc(C)c(C)c12. The van der Waals surface area contributed by atoms with E-state index in [1.54, 1.807) is 0 Å². The van der Waals surface area contributed by atoms with E-state index in [1.165, 1.54) is 16.5 Å². The van der Waals surface area contributed by atoms with Gasteiger partial charge in [0.1, 0.15) is 11.3 Å². The van der Waals surface area contributed by atoms with Crippen molar-refractivity contribution in [2.24, 2.45) is 0 Å². The molecule has 0 saturated carbocycles. The van der Waals surface area contributed by atoms with Crippen LogP contribution in [0.25, 0.3) is 11.0 Å². The van der Waals surface area contributed by atoms with Crippen LogP contribution in [-0.4, -0.2) is 0 Å². The second-order valence-electron chi connectivity index (χ2n) is 3.43. The fraction of sp³-hybridized carbons (Fsp3) is 0.333. The lowest BCUT2D eigenvalue weighted by atomic mass is 10.0. The average Bonchev–Trinajstić information content (AvgIpc) is 2.43. The maximum absolute atomic E-state index is 5.64. The zero-order chi connectivity index (χ0) is 9.42. The van der Waals surface area contributed by atoms with Gasteiger partial charge in [0.25, 0.3) is 0 Å². The van der Waals surface area contributed by atoms with Gasteiger partial charge in [-0.15, -0.1) is 0 Å². The number of hydrogen-bond donors (Lipinski definition) is 0. The van der Waals surface area contributed by atoms with E-state index in [4.69, 9.17) is 4.42 Å². The minimum absolute atomic E-state index is 1.02. The Kier molecular flexibility index (Phi) is 1.87. The Morgan fingerprint density at radius 2 is 2.00 bits per heavy atom. The highest BCUT2D eigenvalue weighted by Gasteiger charge is 2.08. The van der Waals surface area contributed by atoms with Gasteiger partial charge >= 0.3 is 0 Å². The molecule has 2 rings (SSSR count). The van der Waals surface area contributed by atoms with E-state index in [1.807, 2.05) is 13.0 Å². The van der Waals surface area contributed by atoms with E-state index in [0.717, 1.165) is 17.8 Å². The maximum Gasteiger partial charge on any atom is 0.134 e. The Balaban J connectivity index is 2.87. The van der Waals surface area contributed by atoms with Gasteiger partial charge in [0.05, 0.1) is 0 Å². The van der Waals surface area contributed by atoms with E-state index in [9.17, 15) is 0 Å². The molecule has 0 amide bonds. The first-order valence-corrected chi connectivity index (χ1v) is 4.71. The molecule has 0 bridgehead atoms. The van der Waals surface area contributed by atoms with Crippen molar-refractivity contribution in [2.45, 2.75) is 27.2 Å². The average molecular weight is 174 g/mol. The van der Waals surface area contributed by atoms with Gasteiger partial charge in [-0.1, -0.05) is 19.1 Å². The topological polar surface area (TPSA) is 13.1 Å². The van der Waals surface area contributed by atoms with Crippen molar-refractivity contribution in [2.75, 3.05) is 0 Å². The van der Waals surface area contributed by atoms with Gasteiger partial charge in [-0.2, -0.15) is 0 Å². The van der Waals surface area contributed by atoms with Gasteiger partial charge < -0.3 is 4.42 Å². The zero-order valence-electron chi connectivity index (χ0n) is 8.35. The number of benzene rings is 1. The highest BCUT2D eigenvalue weighted by atomic mass is 16.3. The Hall–Kier alpha value is -1.24. The van der Waals surface area contributed by atoms with Crippen LogP contribution in [0.15, 0.2) is 22.6 Å². The third kappa shape index (κ3) is 1.15. The van der Waals surface area contributed by atoms with E-state index in [-0.39, 0.29) is 0 Å². The fourth-order valence-electron chi connectivity index (χ4n) is 1.80. The van der Waals surface area contributed by atoms with Crippen LogP contribution in [0, 0.1) is 13.8 Å². The molecule has 0 atom stereocenters. The van der Waals surface area contributed by atoms with Crippen LogP contribution < -0.4 is 0 Å². The maximum atomic E-state index is 5.64. The summed E-state index contributed by atoms with van der Waals surface area (Å²) >= 11 is 0. The van der Waals surface area contributed by atoms with E-state index < -0.39 is 0 Å². The summed E-state index contributed by atoms with van der Waals surface area (Å²) in [6.45, 7) is 6.33. The fourth-order valence-corrected chi connectivity index (χ4v) is 1.80. The van der Waals surface area contributed by atoms with E-state index >= 15 is 0 Å². The van der Waals surface area contributed by atoms with Crippen LogP contribution in [0.1, 0.15) is 23.8 Å². The highest BCUT2D eigenvalue weighted by Crippen LogP contribution is 2.27. The second kappa shape index (κ2) is 2.91. The molecule has 0 aliphatic heterocycles. The molecule has 1 heteroatoms. The molecule has 0 spiro atoms. The van der Waals surface area contributed by atoms with Crippen molar-refractivity contribution < 1.29 is 4.42 Å². The first kappa shape index (κ1) is 8.36. The van der Waals surface area contributed by atoms with Crippen LogP contribution in [0.2, 0.25) is 0 Å². The van der Waals surface area contributed by atoms with Crippen molar-refractivity contribution in [1.29, 1.82) is 0 Å². The molecule has 0 saturated heterocycles. The zero-order valence-corrected chi connectivity index (χ0v) is 8.35. The molecule has 1 nitrogen and oxygen atoms in total. The molecule has 13 heavy (non-hydrogen) atoms. The van der Waals surface area contributed by atoms with Crippen molar-refractivity contribution >= 4 is 11.0 Å². The number of aryl methyl sites for hydroxylation is 3. The van der Waals surface area contributed by atoms with E-state index in [2.05, 4.69) is 26.0 Å². The highest BCUT2D eigenvalue weighted by molar-refractivity contribution is 5.85. The predicted molar refractivity (Wildman–Crippen MR) is 55.1 cm³/mol. The second-order valence-corrected chi connectivity index (χ2v) is 3.43. The molecule has 0 unspecified atom stereocenters. The molecule has 0 aliphatic carbocycles. The third-order valence-electron chi connectivity index (χ3n) is 2.66. The summed E-state index contributed by atoms with van der Waals surface area (Å²) in [4.78, 5) is 0. The molecule has 1 heterocycles. The summed E-state index contributed by atoms with van der Waals surface area (Å²) in [5, 5.41) is 1.31. The summed E-state index contributed by atoms with van der Waals surface area (Å²) in [6.07, 6.45) is 1.07. The van der Waals surface area contributed by atoms with Gasteiger partial charge in [-0.3, -0.25) is 0 Å². The van der Waals surface area contributed by atoms with Crippen LogP contribution >= 0.6 is 0 Å². The minimum atomic E-state index is 1.02. The molecule has 0 aliphatic rings. The molecule has 0 N–H and O–H groups in total. The number of rotatable bonds is 1. The Labute approximate surface area is 78.4 Å². The third-order valence-corrected chi connectivity index (χ3v) is 2.66. The molecule has 0 fully saturated rings. The quantitative estimate of drug-likeness (QED) is 0.643. The smallest absolute Gasteiger partial charge is 0.134 e. The standard InChI is InChI=1S/C12H14O/c1-4-10-6-5-7-11-12(10)8(2)9(3)13-11/h5-7H,4H2,1-3H3. The summed E-state index contributed by atoms with van der Waals surface area (Å²) in [5.41, 5.74) is 3.69. The lowest BCUT2D eigenvalue weighted by Crippen LogP contribution is -1.81. The first-order valence-electron chi connectivity index (χ1n) is 4.71. The molecular weight excluding hydrogens is 160 g/mol. The van der Waals surface area contributed by atoms with Gasteiger partial charge in [0.2, 0.25) is 0 Å². The van der Waals surface area contributed by atoms with E-state index in [0.29, 0.717) is 0 Å². The van der Waals surface area contributed by atoms with Crippen LogP contribution in [0.5, 0.6) is 0 Å². The lowest BCUT2D eigenvalue weighted by molar-refractivity contribution is 0.575.